The number of benzene rings is 2. The van der Waals surface area contributed by atoms with Gasteiger partial charge in [-0.3, -0.25) is 0 Å². The lowest BCUT2D eigenvalue weighted by Gasteiger charge is -2.33. The molecule has 0 aliphatic heterocycles. The molecule has 2 rings (SSSR count). The summed E-state index contributed by atoms with van der Waals surface area (Å²) in [5.41, 5.74) is 1.01. The maximum atomic E-state index is 13.2. The molecule has 0 spiro atoms. The Morgan fingerprint density at radius 2 is 1.44 bits per heavy atom. The number of para-hydroxylation sites is 2. The molecule has 7 heteroatoms. The van der Waals surface area contributed by atoms with E-state index in [1.54, 1.807) is 73.7 Å². The molecule has 0 aliphatic rings. The van der Waals surface area contributed by atoms with Crippen molar-refractivity contribution in [3.05, 3.63) is 60.7 Å². The van der Waals surface area contributed by atoms with E-state index in [-0.39, 0.29) is 6.54 Å². The SMILES string of the molecule is CN(C)N(C(=O)N(C(=O)NCC=O)c1ccccc1)c1ccccc1. The van der Waals surface area contributed by atoms with Crippen LogP contribution in [0.25, 0.3) is 0 Å². The predicted molar refractivity (Wildman–Crippen MR) is 96.4 cm³/mol. The molecule has 0 bridgehead atoms. The van der Waals surface area contributed by atoms with Crippen LogP contribution in [0.1, 0.15) is 0 Å². The maximum Gasteiger partial charge on any atom is 0.352 e. The number of carbonyl (C=O) groups is 3. The van der Waals surface area contributed by atoms with Gasteiger partial charge in [0.05, 0.1) is 17.9 Å². The number of hydrogen-bond donors (Lipinski definition) is 1. The third-order valence-corrected chi connectivity index (χ3v) is 3.33. The van der Waals surface area contributed by atoms with Gasteiger partial charge in [-0.1, -0.05) is 36.4 Å². The minimum Gasteiger partial charge on any atom is -0.330 e. The molecule has 2 aromatic carbocycles. The van der Waals surface area contributed by atoms with Gasteiger partial charge in [0.1, 0.15) is 6.29 Å². The van der Waals surface area contributed by atoms with Crippen molar-refractivity contribution in [3.63, 3.8) is 0 Å². The minimum absolute atomic E-state index is 0.178. The van der Waals surface area contributed by atoms with E-state index in [9.17, 15) is 14.4 Å². The summed E-state index contributed by atoms with van der Waals surface area (Å²) in [6.07, 6.45) is 0.562. The van der Waals surface area contributed by atoms with E-state index in [1.807, 2.05) is 6.07 Å². The number of hydrazine groups is 1. The second-order valence-corrected chi connectivity index (χ2v) is 5.30. The Labute approximate surface area is 146 Å². The molecule has 4 amide bonds. The van der Waals surface area contributed by atoms with Crippen LogP contribution in [0.15, 0.2) is 60.7 Å². The number of amides is 4. The fourth-order valence-electron chi connectivity index (χ4n) is 2.28. The average molecular weight is 340 g/mol. The van der Waals surface area contributed by atoms with Crippen molar-refractivity contribution >= 4 is 29.7 Å². The van der Waals surface area contributed by atoms with E-state index in [1.165, 1.54) is 5.01 Å². The number of urea groups is 2. The Hall–Kier alpha value is -3.19. The highest BCUT2D eigenvalue weighted by molar-refractivity contribution is 6.18. The highest BCUT2D eigenvalue weighted by Gasteiger charge is 2.30. The lowest BCUT2D eigenvalue weighted by Crippen LogP contribution is -2.54. The van der Waals surface area contributed by atoms with E-state index in [0.717, 1.165) is 4.90 Å². The van der Waals surface area contributed by atoms with Crippen LogP contribution in [-0.2, 0) is 4.79 Å². The highest BCUT2D eigenvalue weighted by atomic mass is 16.2. The van der Waals surface area contributed by atoms with Crippen molar-refractivity contribution in [2.45, 2.75) is 0 Å². The van der Waals surface area contributed by atoms with E-state index in [2.05, 4.69) is 5.32 Å². The lowest BCUT2D eigenvalue weighted by atomic mass is 10.3. The van der Waals surface area contributed by atoms with Crippen molar-refractivity contribution in [2.24, 2.45) is 0 Å². The van der Waals surface area contributed by atoms with Gasteiger partial charge >= 0.3 is 12.1 Å². The van der Waals surface area contributed by atoms with Crippen LogP contribution in [0.3, 0.4) is 0 Å². The second kappa shape index (κ2) is 8.60. The number of carbonyl (C=O) groups excluding carboxylic acids is 3. The quantitative estimate of drug-likeness (QED) is 0.670. The molecule has 0 fully saturated rings. The zero-order valence-corrected chi connectivity index (χ0v) is 14.1. The first-order valence-corrected chi connectivity index (χ1v) is 7.69. The Morgan fingerprint density at radius 3 is 1.92 bits per heavy atom. The van der Waals surface area contributed by atoms with Crippen LogP contribution in [0.4, 0.5) is 21.0 Å². The van der Waals surface area contributed by atoms with Crippen LogP contribution in [0.5, 0.6) is 0 Å². The van der Waals surface area contributed by atoms with Gasteiger partial charge in [-0.05, 0) is 24.3 Å². The minimum atomic E-state index is -0.675. The van der Waals surface area contributed by atoms with Crippen molar-refractivity contribution in [3.8, 4) is 0 Å². The van der Waals surface area contributed by atoms with Crippen LogP contribution < -0.4 is 15.2 Å². The van der Waals surface area contributed by atoms with Crippen LogP contribution in [-0.4, -0.2) is 44.0 Å². The summed E-state index contributed by atoms with van der Waals surface area (Å²) >= 11 is 0. The summed E-state index contributed by atoms with van der Waals surface area (Å²) in [7, 11) is 3.41. The summed E-state index contributed by atoms with van der Waals surface area (Å²) in [6, 6.07) is 16.3. The molecule has 0 heterocycles. The molecule has 0 atom stereocenters. The summed E-state index contributed by atoms with van der Waals surface area (Å²) in [4.78, 5) is 37.2. The van der Waals surface area contributed by atoms with Gasteiger partial charge in [0, 0.05) is 14.1 Å². The Kier molecular flexibility index (Phi) is 6.25. The topological polar surface area (TPSA) is 73.0 Å². The first kappa shape index (κ1) is 18.2. The zero-order valence-electron chi connectivity index (χ0n) is 14.1. The molecule has 0 aromatic heterocycles. The molecular weight excluding hydrogens is 320 g/mol. The number of nitrogens with zero attached hydrogens (tertiary/aromatic N) is 3. The molecule has 1 N–H and O–H groups in total. The van der Waals surface area contributed by atoms with Crippen molar-refractivity contribution in [1.82, 2.24) is 10.3 Å². The summed E-state index contributed by atoms with van der Waals surface area (Å²) in [5, 5.41) is 5.36. The summed E-state index contributed by atoms with van der Waals surface area (Å²) in [5.74, 6) is 0. The Bertz CT molecular complexity index is 720. The van der Waals surface area contributed by atoms with Crippen LogP contribution >= 0.6 is 0 Å². The number of anilines is 2. The smallest absolute Gasteiger partial charge is 0.330 e. The number of hydrogen-bond acceptors (Lipinski definition) is 4. The van der Waals surface area contributed by atoms with E-state index in [4.69, 9.17) is 0 Å². The zero-order chi connectivity index (χ0) is 18.2. The van der Waals surface area contributed by atoms with Crippen molar-refractivity contribution in [2.75, 3.05) is 30.5 Å². The molecule has 0 radical (unpaired) electrons. The number of imide groups is 1. The largest absolute Gasteiger partial charge is 0.352 e. The van der Waals surface area contributed by atoms with Gasteiger partial charge in [-0.2, -0.15) is 0 Å². The molecule has 0 unspecified atom stereocenters. The fourth-order valence-corrected chi connectivity index (χ4v) is 2.28. The van der Waals surface area contributed by atoms with Gasteiger partial charge in [0.25, 0.3) is 0 Å². The molecule has 7 nitrogen and oxygen atoms in total. The van der Waals surface area contributed by atoms with Crippen LogP contribution in [0.2, 0.25) is 0 Å². The number of rotatable bonds is 5. The standard InChI is InChI=1S/C18H20N4O3/c1-20(2)22(16-11-7-4-8-12-16)18(25)21(17(24)19-13-14-23)15-9-5-3-6-10-15/h3-12,14H,13H2,1-2H3,(H,19,24). The van der Waals surface area contributed by atoms with Gasteiger partial charge in [0.15, 0.2) is 0 Å². The van der Waals surface area contributed by atoms with E-state index in [0.29, 0.717) is 17.7 Å². The van der Waals surface area contributed by atoms with Gasteiger partial charge in [0.2, 0.25) is 0 Å². The monoisotopic (exact) mass is 340 g/mol. The molecular formula is C18H20N4O3. The molecule has 130 valence electrons. The Morgan fingerprint density at radius 1 is 0.920 bits per heavy atom. The average Bonchev–Trinajstić information content (AvgIpc) is 2.62. The third kappa shape index (κ3) is 4.42. The molecule has 25 heavy (non-hydrogen) atoms. The summed E-state index contributed by atoms with van der Waals surface area (Å²) in [6.45, 7) is -0.178. The second-order valence-electron chi connectivity index (χ2n) is 5.30. The van der Waals surface area contributed by atoms with Gasteiger partial charge in [-0.25, -0.2) is 24.5 Å². The third-order valence-electron chi connectivity index (χ3n) is 3.33. The highest BCUT2D eigenvalue weighted by Crippen LogP contribution is 2.21. The number of nitrogens with one attached hydrogen (secondary N) is 1. The lowest BCUT2D eigenvalue weighted by molar-refractivity contribution is -0.107. The normalized spacial score (nSPS) is 10.2. The first-order chi connectivity index (χ1) is 12.1. The predicted octanol–water partition coefficient (Wildman–Crippen LogP) is 2.50. The van der Waals surface area contributed by atoms with E-state index < -0.39 is 12.1 Å². The van der Waals surface area contributed by atoms with Gasteiger partial charge in [-0.15, -0.1) is 0 Å². The fraction of sp³-hybridized carbons (Fsp3) is 0.167. The first-order valence-electron chi connectivity index (χ1n) is 7.69. The maximum absolute atomic E-state index is 13.2. The molecule has 2 aromatic rings. The number of aldehydes is 1. The van der Waals surface area contributed by atoms with Crippen LogP contribution in [0, 0.1) is 0 Å². The van der Waals surface area contributed by atoms with E-state index >= 15 is 0 Å². The van der Waals surface area contributed by atoms with Crippen molar-refractivity contribution < 1.29 is 14.4 Å². The molecule has 0 aliphatic carbocycles. The van der Waals surface area contributed by atoms with Crippen molar-refractivity contribution in [1.29, 1.82) is 0 Å². The Balaban J connectivity index is 2.42. The summed E-state index contributed by atoms with van der Waals surface area (Å²) < 4.78 is 0. The van der Waals surface area contributed by atoms with Gasteiger partial charge < -0.3 is 10.1 Å². The molecule has 0 saturated heterocycles. The molecule has 0 saturated carbocycles.